The highest BCUT2D eigenvalue weighted by molar-refractivity contribution is 7.10. The van der Waals surface area contributed by atoms with Crippen molar-refractivity contribution in [1.82, 2.24) is 9.80 Å². The lowest BCUT2D eigenvalue weighted by Crippen LogP contribution is -2.42. The summed E-state index contributed by atoms with van der Waals surface area (Å²) in [7, 11) is 1.87. The molecule has 1 aliphatic heterocycles. The van der Waals surface area contributed by atoms with E-state index in [9.17, 15) is 4.79 Å². The van der Waals surface area contributed by atoms with Crippen LogP contribution in [0.5, 0.6) is 0 Å². The standard InChI is InChI=1S/C13H21N3OS/c1-10(14)13(11-5-3-8-18-11)16-7-4-6-15(2)12(17)9-16/h3,5,8,10,13H,4,6-7,9,14H2,1-2H3. The zero-order valence-corrected chi connectivity index (χ0v) is 11.8. The van der Waals surface area contributed by atoms with Crippen molar-refractivity contribution in [3.05, 3.63) is 22.4 Å². The second-order valence-corrected chi connectivity index (χ2v) is 5.94. The number of hydrogen-bond donors (Lipinski definition) is 1. The summed E-state index contributed by atoms with van der Waals surface area (Å²) < 4.78 is 0. The number of thiophene rings is 1. The smallest absolute Gasteiger partial charge is 0.236 e. The molecule has 2 unspecified atom stereocenters. The second kappa shape index (κ2) is 5.82. The van der Waals surface area contributed by atoms with E-state index in [1.54, 1.807) is 11.3 Å². The third-order valence-electron chi connectivity index (χ3n) is 3.43. The predicted molar refractivity (Wildman–Crippen MR) is 74.5 cm³/mol. The molecule has 1 saturated heterocycles. The van der Waals surface area contributed by atoms with Crippen molar-refractivity contribution in [2.45, 2.75) is 25.4 Å². The molecule has 2 atom stereocenters. The van der Waals surface area contributed by atoms with Crippen LogP contribution in [0.25, 0.3) is 0 Å². The molecule has 0 aromatic carbocycles. The second-order valence-electron chi connectivity index (χ2n) is 4.96. The normalized spacial score (nSPS) is 21.7. The number of nitrogens with zero attached hydrogens (tertiary/aromatic N) is 2. The first-order valence-electron chi connectivity index (χ1n) is 6.36. The molecule has 0 spiro atoms. The van der Waals surface area contributed by atoms with E-state index in [1.807, 2.05) is 24.9 Å². The van der Waals surface area contributed by atoms with Gasteiger partial charge in [-0.2, -0.15) is 0 Å². The predicted octanol–water partition coefficient (Wildman–Crippen LogP) is 1.30. The number of carbonyl (C=O) groups is 1. The summed E-state index contributed by atoms with van der Waals surface area (Å²) in [6.45, 7) is 4.26. The molecule has 5 heteroatoms. The van der Waals surface area contributed by atoms with Gasteiger partial charge < -0.3 is 10.6 Å². The van der Waals surface area contributed by atoms with E-state index in [2.05, 4.69) is 16.3 Å². The van der Waals surface area contributed by atoms with Crippen LogP contribution in [0.1, 0.15) is 24.3 Å². The highest BCUT2D eigenvalue weighted by Gasteiger charge is 2.29. The number of rotatable bonds is 3. The van der Waals surface area contributed by atoms with E-state index in [1.165, 1.54) is 4.88 Å². The Morgan fingerprint density at radius 3 is 2.83 bits per heavy atom. The lowest BCUT2D eigenvalue weighted by Gasteiger charge is -2.32. The van der Waals surface area contributed by atoms with Crippen molar-refractivity contribution in [2.24, 2.45) is 5.73 Å². The molecule has 0 saturated carbocycles. The number of likely N-dealkylation sites (N-methyl/N-ethyl adjacent to an activating group) is 1. The fourth-order valence-corrected chi connectivity index (χ4v) is 3.45. The summed E-state index contributed by atoms with van der Waals surface area (Å²) in [5, 5.41) is 2.07. The molecule has 1 fully saturated rings. The molecule has 1 amide bonds. The molecule has 2 heterocycles. The molecule has 1 aromatic rings. The van der Waals surface area contributed by atoms with Crippen LogP contribution in [0.2, 0.25) is 0 Å². The van der Waals surface area contributed by atoms with E-state index in [4.69, 9.17) is 5.73 Å². The number of hydrogen-bond acceptors (Lipinski definition) is 4. The van der Waals surface area contributed by atoms with E-state index >= 15 is 0 Å². The van der Waals surface area contributed by atoms with Crippen molar-refractivity contribution < 1.29 is 4.79 Å². The lowest BCUT2D eigenvalue weighted by atomic mass is 10.1. The first-order valence-corrected chi connectivity index (χ1v) is 7.24. The minimum atomic E-state index is 0.0276. The van der Waals surface area contributed by atoms with Crippen LogP contribution >= 0.6 is 11.3 Å². The van der Waals surface area contributed by atoms with Crippen LogP contribution in [-0.2, 0) is 4.79 Å². The first-order chi connectivity index (χ1) is 8.59. The molecular weight excluding hydrogens is 246 g/mol. The number of amides is 1. The minimum Gasteiger partial charge on any atom is -0.345 e. The largest absolute Gasteiger partial charge is 0.345 e. The van der Waals surface area contributed by atoms with E-state index in [0.29, 0.717) is 6.54 Å². The van der Waals surface area contributed by atoms with Gasteiger partial charge in [0.2, 0.25) is 5.91 Å². The van der Waals surface area contributed by atoms with Crippen molar-refractivity contribution in [3.8, 4) is 0 Å². The molecule has 4 nitrogen and oxygen atoms in total. The summed E-state index contributed by atoms with van der Waals surface area (Å²) >= 11 is 1.72. The van der Waals surface area contributed by atoms with E-state index < -0.39 is 0 Å². The maximum atomic E-state index is 12.0. The highest BCUT2D eigenvalue weighted by atomic mass is 32.1. The van der Waals surface area contributed by atoms with Gasteiger partial charge in [-0.05, 0) is 24.8 Å². The summed E-state index contributed by atoms with van der Waals surface area (Å²) in [6, 6.07) is 4.33. The molecule has 0 radical (unpaired) electrons. The van der Waals surface area contributed by atoms with Crippen LogP contribution in [-0.4, -0.2) is 48.4 Å². The van der Waals surface area contributed by atoms with Gasteiger partial charge in [-0.25, -0.2) is 0 Å². The summed E-state index contributed by atoms with van der Waals surface area (Å²) in [4.78, 5) is 17.3. The number of carbonyl (C=O) groups excluding carboxylic acids is 1. The Labute approximate surface area is 112 Å². The fourth-order valence-electron chi connectivity index (χ4n) is 2.48. The Morgan fingerprint density at radius 1 is 1.44 bits per heavy atom. The van der Waals surface area contributed by atoms with Crippen LogP contribution < -0.4 is 5.73 Å². The van der Waals surface area contributed by atoms with Gasteiger partial charge in [0.05, 0.1) is 12.6 Å². The Balaban J connectivity index is 2.18. The average molecular weight is 267 g/mol. The maximum Gasteiger partial charge on any atom is 0.236 e. The fraction of sp³-hybridized carbons (Fsp3) is 0.615. The topological polar surface area (TPSA) is 49.6 Å². The molecule has 0 aliphatic carbocycles. The van der Waals surface area contributed by atoms with Crippen LogP contribution in [0.4, 0.5) is 0 Å². The third-order valence-corrected chi connectivity index (χ3v) is 4.37. The third kappa shape index (κ3) is 2.91. The van der Waals surface area contributed by atoms with E-state index in [-0.39, 0.29) is 18.0 Å². The monoisotopic (exact) mass is 267 g/mol. The van der Waals surface area contributed by atoms with Crippen molar-refractivity contribution in [2.75, 3.05) is 26.7 Å². The molecule has 18 heavy (non-hydrogen) atoms. The highest BCUT2D eigenvalue weighted by Crippen LogP contribution is 2.28. The summed E-state index contributed by atoms with van der Waals surface area (Å²) in [6.07, 6.45) is 1.01. The van der Waals surface area contributed by atoms with Crippen LogP contribution in [0.15, 0.2) is 17.5 Å². The molecule has 2 N–H and O–H groups in total. The van der Waals surface area contributed by atoms with Gasteiger partial charge >= 0.3 is 0 Å². The SMILES string of the molecule is CC(N)C(c1cccs1)N1CCCN(C)C(=O)C1. The molecule has 1 aromatic heterocycles. The van der Waals surface area contributed by atoms with Gasteiger partial charge in [-0.3, -0.25) is 9.69 Å². The maximum absolute atomic E-state index is 12.0. The molecule has 100 valence electrons. The molecule has 0 bridgehead atoms. The van der Waals surface area contributed by atoms with Gasteiger partial charge in [-0.15, -0.1) is 11.3 Å². The zero-order chi connectivity index (χ0) is 13.1. The van der Waals surface area contributed by atoms with Crippen molar-refractivity contribution in [3.63, 3.8) is 0 Å². The minimum absolute atomic E-state index is 0.0276. The van der Waals surface area contributed by atoms with Gasteiger partial charge in [-0.1, -0.05) is 6.07 Å². The lowest BCUT2D eigenvalue weighted by molar-refractivity contribution is -0.130. The zero-order valence-electron chi connectivity index (χ0n) is 11.0. The Kier molecular flexibility index (Phi) is 4.37. The summed E-state index contributed by atoms with van der Waals surface area (Å²) in [5.41, 5.74) is 6.13. The first kappa shape index (κ1) is 13.5. The van der Waals surface area contributed by atoms with Crippen molar-refractivity contribution >= 4 is 17.2 Å². The van der Waals surface area contributed by atoms with Gasteiger partial charge in [0.25, 0.3) is 0 Å². The molecule has 1 aliphatic rings. The Morgan fingerprint density at radius 2 is 2.22 bits per heavy atom. The quantitative estimate of drug-likeness (QED) is 0.898. The van der Waals surface area contributed by atoms with Gasteiger partial charge in [0.15, 0.2) is 0 Å². The van der Waals surface area contributed by atoms with Crippen molar-refractivity contribution in [1.29, 1.82) is 0 Å². The molecule has 2 rings (SSSR count). The van der Waals surface area contributed by atoms with E-state index in [0.717, 1.165) is 19.5 Å². The average Bonchev–Trinajstić information content (AvgIpc) is 2.76. The van der Waals surface area contributed by atoms with Crippen LogP contribution in [0, 0.1) is 0 Å². The van der Waals surface area contributed by atoms with Gasteiger partial charge in [0.1, 0.15) is 0 Å². The van der Waals surface area contributed by atoms with Crippen LogP contribution in [0.3, 0.4) is 0 Å². The Bertz CT molecular complexity index is 391. The number of nitrogens with two attached hydrogens (primary N) is 1. The van der Waals surface area contributed by atoms with Gasteiger partial charge in [0, 0.05) is 31.1 Å². The Hall–Kier alpha value is -0.910. The molecular formula is C13H21N3OS. The summed E-state index contributed by atoms with van der Waals surface area (Å²) in [5.74, 6) is 0.190.